The van der Waals surface area contributed by atoms with Crippen LogP contribution in [0.25, 0.3) is 0 Å². The molecular weight excluding hydrogens is 487 g/mol. The first-order chi connectivity index (χ1) is 16.4. The van der Waals surface area contributed by atoms with Gasteiger partial charge in [-0.15, -0.1) is 13.2 Å². The van der Waals surface area contributed by atoms with Gasteiger partial charge in [0.1, 0.15) is 22.1 Å². The monoisotopic (exact) mass is 509 g/mol. The zero-order valence-electron chi connectivity index (χ0n) is 18.5. The molecule has 0 spiro atoms. The highest BCUT2D eigenvalue weighted by molar-refractivity contribution is 7.90. The van der Waals surface area contributed by atoms with Crippen molar-refractivity contribution in [2.24, 2.45) is 0 Å². The van der Waals surface area contributed by atoms with E-state index in [1.807, 2.05) is 0 Å². The van der Waals surface area contributed by atoms with Gasteiger partial charge in [-0.1, -0.05) is 18.2 Å². The van der Waals surface area contributed by atoms with Gasteiger partial charge in [-0.2, -0.15) is 0 Å². The first-order valence-electron chi connectivity index (χ1n) is 10.3. The minimum atomic E-state index is -4.73. The smallest absolute Gasteiger partial charge is 0.507 e. The van der Waals surface area contributed by atoms with Crippen molar-refractivity contribution in [2.45, 2.75) is 24.1 Å². The molecule has 0 unspecified atom stereocenters. The number of rotatable bonds is 9. The number of anilines is 1. The number of hydrogen-bond donors (Lipinski definition) is 2. The van der Waals surface area contributed by atoms with E-state index >= 15 is 0 Å². The molecule has 0 saturated heterocycles. The highest BCUT2D eigenvalue weighted by Gasteiger charge is 2.30. The zero-order valence-corrected chi connectivity index (χ0v) is 19.3. The van der Waals surface area contributed by atoms with Crippen LogP contribution in [0.5, 0.6) is 17.2 Å². The van der Waals surface area contributed by atoms with Crippen molar-refractivity contribution >= 4 is 21.4 Å². The van der Waals surface area contributed by atoms with Crippen LogP contribution in [0.2, 0.25) is 0 Å². The zero-order chi connectivity index (χ0) is 25.6. The summed E-state index contributed by atoms with van der Waals surface area (Å²) in [4.78, 5) is 12.1. The highest BCUT2D eigenvalue weighted by Crippen LogP contribution is 2.25. The minimum Gasteiger partial charge on any atom is -0.507 e. The van der Waals surface area contributed by atoms with Gasteiger partial charge >= 0.3 is 6.36 Å². The van der Waals surface area contributed by atoms with Crippen LogP contribution in [-0.2, 0) is 27.5 Å². The van der Waals surface area contributed by atoms with Crippen molar-refractivity contribution in [1.29, 1.82) is 0 Å². The van der Waals surface area contributed by atoms with Crippen molar-refractivity contribution in [1.82, 2.24) is 0 Å². The number of carbonyl (C=O) groups excluding carboxylic acids is 1. The Morgan fingerprint density at radius 1 is 0.943 bits per heavy atom. The molecular formula is C24H22F3NO6S. The molecule has 35 heavy (non-hydrogen) atoms. The second kappa shape index (κ2) is 10.7. The molecule has 11 heteroatoms. The van der Waals surface area contributed by atoms with Crippen molar-refractivity contribution in [3.8, 4) is 17.2 Å². The molecule has 0 saturated carbocycles. The Labute approximate surface area is 200 Å². The lowest BCUT2D eigenvalue weighted by Gasteiger charge is -2.10. The van der Waals surface area contributed by atoms with Crippen LogP contribution in [0.1, 0.15) is 11.1 Å². The molecule has 0 fully saturated rings. The van der Waals surface area contributed by atoms with E-state index in [2.05, 4.69) is 10.1 Å². The van der Waals surface area contributed by atoms with Crippen LogP contribution in [-0.4, -0.2) is 38.7 Å². The predicted molar refractivity (Wildman–Crippen MR) is 122 cm³/mol. The lowest BCUT2D eigenvalue weighted by atomic mass is 10.1. The summed E-state index contributed by atoms with van der Waals surface area (Å²) in [5.41, 5.74) is 1.71. The Hall–Kier alpha value is -3.73. The van der Waals surface area contributed by atoms with E-state index in [-0.39, 0.29) is 35.3 Å². The van der Waals surface area contributed by atoms with Crippen molar-refractivity contribution in [3.63, 3.8) is 0 Å². The van der Waals surface area contributed by atoms with Crippen LogP contribution in [0.15, 0.2) is 71.6 Å². The van der Waals surface area contributed by atoms with Gasteiger partial charge in [-0.25, -0.2) is 8.42 Å². The van der Waals surface area contributed by atoms with Crippen LogP contribution >= 0.6 is 0 Å². The molecule has 0 aliphatic rings. The molecule has 0 aliphatic carbocycles. The topological polar surface area (TPSA) is 102 Å². The molecule has 1 amide bonds. The lowest BCUT2D eigenvalue weighted by Crippen LogP contribution is -2.17. The number of phenolic OH excluding ortho intramolecular Hbond substituents is 1. The number of phenols is 1. The largest absolute Gasteiger partial charge is 0.573 e. The second-order valence-corrected chi connectivity index (χ2v) is 9.60. The summed E-state index contributed by atoms with van der Waals surface area (Å²) < 4.78 is 69.5. The molecule has 0 atom stereocenters. The van der Waals surface area contributed by atoms with Crippen LogP contribution < -0.4 is 14.8 Å². The molecule has 0 heterocycles. The second-order valence-electron chi connectivity index (χ2n) is 7.61. The number of ether oxygens (including phenoxy) is 2. The van der Waals surface area contributed by atoms with E-state index in [1.165, 1.54) is 42.5 Å². The average molecular weight is 510 g/mol. The number of hydrogen-bond acceptors (Lipinski definition) is 6. The molecule has 3 rings (SSSR count). The SMILES string of the molecule is CS(=O)(=O)c1cc(CC(=O)Nc2ccc(OCCc3ccc(OC(F)(F)F)cc3)cc2)ccc1O. The average Bonchev–Trinajstić information content (AvgIpc) is 2.76. The molecule has 0 aromatic heterocycles. The van der Waals surface area contributed by atoms with E-state index in [0.29, 0.717) is 23.4 Å². The maximum absolute atomic E-state index is 12.3. The molecule has 0 radical (unpaired) electrons. The Balaban J connectivity index is 1.48. The lowest BCUT2D eigenvalue weighted by molar-refractivity contribution is -0.274. The van der Waals surface area contributed by atoms with E-state index in [1.54, 1.807) is 24.3 Å². The third-order valence-electron chi connectivity index (χ3n) is 4.74. The number of halogens is 3. The third kappa shape index (κ3) is 8.21. The summed E-state index contributed by atoms with van der Waals surface area (Å²) in [6.07, 6.45) is -3.39. The van der Waals surface area contributed by atoms with E-state index < -0.39 is 16.2 Å². The normalized spacial score (nSPS) is 11.7. The van der Waals surface area contributed by atoms with Gasteiger partial charge in [0, 0.05) is 18.4 Å². The molecule has 186 valence electrons. The van der Waals surface area contributed by atoms with Crippen molar-refractivity contribution < 1.29 is 41.0 Å². The molecule has 2 N–H and O–H groups in total. The Bertz CT molecular complexity index is 1270. The molecule has 0 aliphatic heterocycles. The summed E-state index contributed by atoms with van der Waals surface area (Å²) in [6.45, 7) is 0.286. The van der Waals surface area contributed by atoms with Crippen LogP contribution in [0.4, 0.5) is 18.9 Å². The van der Waals surface area contributed by atoms with Crippen molar-refractivity contribution in [3.05, 3.63) is 77.9 Å². The van der Waals surface area contributed by atoms with Gasteiger partial charge in [-0.05, 0) is 59.7 Å². The van der Waals surface area contributed by atoms with E-state index in [4.69, 9.17) is 4.74 Å². The number of carbonyl (C=O) groups is 1. The number of sulfone groups is 1. The summed E-state index contributed by atoms with van der Waals surface area (Å²) in [5, 5.41) is 12.4. The van der Waals surface area contributed by atoms with Crippen LogP contribution in [0, 0.1) is 0 Å². The Kier molecular flexibility index (Phi) is 7.90. The maximum Gasteiger partial charge on any atom is 0.573 e. The first kappa shape index (κ1) is 25.9. The summed E-state index contributed by atoms with van der Waals surface area (Å²) in [7, 11) is -3.63. The summed E-state index contributed by atoms with van der Waals surface area (Å²) in [5.74, 6) is -0.501. The summed E-state index contributed by atoms with van der Waals surface area (Å²) in [6, 6.07) is 16.1. The molecule has 0 bridgehead atoms. The number of alkyl halides is 3. The molecule has 3 aromatic carbocycles. The van der Waals surface area contributed by atoms with Crippen molar-refractivity contribution in [2.75, 3.05) is 18.2 Å². The van der Waals surface area contributed by atoms with Gasteiger partial charge < -0.3 is 19.9 Å². The fourth-order valence-electron chi connectivity index (χ4n) is 3.14. The minimum absolute atomic E-state index is 0.0894. The van der Waals surface area contributed by atoms with Gasteiger partial charge in [0.2, 0.25) is 5.91 Å². The quantitative estimate of drug-likeness (QED) is 0.441. The first-order valence-corrected chi connectivity index (χ1v) is 12.2. The third-order valence-corrected chi connectivity index (χ3v) is 5.87. The predicted octanol–water partition coefficient (Wildman–Crippen LogP) is 4.50. The maximum atomic E-state index is 12.3. The molecule has 3 aromatic rings. The van der Waals surface area contributed by atoms with Gasteiger partial charge in [-0.3, -0.25) is 4.79 Å². The van der Waals surface area contributed by atoms with Gasteiger partial charge in [0.25, 0.3) is 0 Å². The number of amides is 1. The van der Waals surface area contributed by atoms with Gasteiger partial charge in [0.05, 0.1) is 13.0 Å². The Morgan fingerprint density at radius 3 is 2.14 bits per heavy atom. The van der Waals surface area contributed by atoms with Gasteiger partial charge in [0.15, 0.2) is 9.84 Å². The standard InChI is InChI=1S/C24H22F3NO6S/c1-35(31,32)22-14-17(4-11-21(22)29)15-23(30)28-18-5-9-19(10-6-18)33-13-12-16-2-7-20(8-3-16)34-24(25,26)27/h2-11,14,29H,12-13,15H2,1H3,(H,28,30). The number of benzene rings is 3. The number of aromatic hydroxyl groups is 1. The number of nitrogens with one attached hydrogen (secondary N) is 1. The fraction of sp³-hybridized carbons (Fsp3) is 0.208. The van der Waals surface area contributed by atoms with E-state index in [0.717, 1.165) is 11.8 Å². The Morgan fingerprint density at radius 2 is 1.54 bits per heavy atom. The summed E-state index contributed by atoms with van der Waals surface area (Å²) >= 11 is 0. The highest BCUT2D eigenvalue weighted by atomic mass is 32.2. The fourth-order valence-corrected chi connectivity index (χ4v) is 3.95. The van der Waals surface area contributed by atoms with Crippen LogP contribution in [0.3, 0.4) is 0 Å². The molecule has 7 nitrogen and oxygen atoms in total. The van der Waals surface area contributed by atoms with E-state index in [9.17, 15) is 31.5 Å².